The molecule has 4 rings (SSSR count). The van der Waals surface area contributed by atoms with Crippen molar-refractivity contribution in [3.63, 3.8) is 0 Å². The SMILES string of the molecule is CCCN1C(=S)N[C@@H](c2ccccn2)[C@H]1c1cccn1-c1ccc(F)cc1. The third-order valence-electron chi connectivity index (χ3n) is 4.85. The van der Waals surface area contributed by atoms with Gasteiger partial charge in [-0.1, -0.05) is 13.0 Å². The van der Waals surface area contributed by atoms with E-state index in [0.717, 1.165) is 35.2 Å². The summed E-state index contributed by atoms with van der Waals surface area (Å²) in [7, 11) is 0. The number of hydrogen-bond acceptors (Lipinski definition) is 2. The summed E-state index contributed by atoms with van der Waals surface area (Å²) < 4.78 is 15.5. The van der Waals surface area contributed by atoms with Crippen molar-refractivity contribution in [2.24, 2.45) is 0 Å². The highest BCUT2D eigenvalue weighted by atomic mass is 32.1. The van der Waals surface area contributed by atoms with Crippen LogP contribution in [0, 0.1) is 5.82 Å². The molecule has 1 N–H and O–H groups in total. The lowest BCUT2D eigenvalue weighted by molar-refractivity contribution is 0.309. The minimum Gasteiger partial charge on any atom is -0.352 e. The Labute approximate surface area is 163 Å². The first-order chi connectivity index (χ1) is 13.2. The van der Waals surface area contributed by atoms with Crippen LogP contribution in [0.3, 0.4) is 0 Å². The molecule has 1 aromatic carbocycles. The van der Waals surface area contributed by atoms with E-state index < -0.39 is 0 Å². The normalized spacial score (nSPS) is 19.3. The van der Waals surface area contributed by atoms with Gasteiger partial charge in [0.1, 0.15) is 5.82 Å². The zero-order valence-corrected chi connectivity index (χ0v) is 15.9. The van der Waals surface area contributed by atoms with Gasteiger partial charge in [0.25, 0.3) is 0 Å². The molecule has 2 atom stereocenters. The van der Waals surface area contributed by atoms with E-state index >= 15 is 0 Å². The van der Waals surface area contributed by atoms with E-state index in [-0.39, 0.29) is 17.9 Å². The van der Waals surface area contributed by atoms with Crippen molar-refractivity contribution >= 4 is 17.3 Å². The smallest absolute Gasteiger partial charge is 0.170 e. The van der Waals surface area contributed by atoms with Gasteiger partial charge in [-0.05, 0) is 67.2 Å². The molecule has 138 valence electrons. The van der Waals surface area contributed by atoms with Gasteiger partial charge in [-0.3, -0.25) is 4.98 Å². The number of nitrogens with one attached hydrogen (secondary N) is 1. The average molecular weight is 380 g/mol. The Morgan fingerprint density at radius 1 is 1.11 bits per heavy atom. The van der Waals surface area contributed by atoms with E-state index in [9.17, 15) is 4.39 Å². The molecule has 2 aromatic heterocycles. The monoisotopic (exact) mass is 380 g/mol. The fourth-order valence-electron chi connectivity index (χ4n) is 3.68. The Morgan fingerprint density at radius 2 is 1.93 bits per heavy atom. The molecule has 4 nitrogen and oxygen atoms in total. The second-order valence-electron chi connectivity index (χ2n) is 6.60. The van der Waals surface area contributed by atoms with E-state index in [4.69, 9.17) is 12.2 Å². The van der Waals surface area contributed by atoms with E-state index in [0.29, 0.717) is 0 Å². The Kier molecular flexibility index (Phi) is 4.90. The molecule has 0 radical (unpaired) electrons. The lowest BCUT2D eigenvalue weighted by atomic mass is 10.0. The number of benzene rings is 1. The van der Waals surface area contributed by atoms with Gasteiger partial charge in [0.15, 0.2) is 5.11 Å². The number of halogens is 1. The van der Waals surface area contributed by atoms with Gasteiger partial charge in [0.2, 0.25) is 0 Å². The van der Waals surface area contributed by atoms with Gasteiger partial charge >= 0.3 is 0 Å². The van der Waals surface area contributed by atoms with Crippen molar-refractivity contribution < 1.29 is 4.39 Å². The van der Waals surface area contributed by atoms with Crippen molar-refractivity contribution in [1.29, 1.82) is 0 Å². The molecule has 1 fully saturated rings. The maximum atomic E-state index is 13.4. The first-order valence-electron chi connectivity index (χ1n) is 9.10. The summed E-state index contributed by atoms with van der Waals surface area (Å²) in [6.07, 6.45) is 4.80. The molecule has 6 heteroatoms. The van der Waals surface area contributed by atoms with Crippen molar-refractivity contribution in [1.82, 2.24) is 19.8 Å². The fourth-order valence-corrected chi connectivity index (χ4v) is 4.01. The van der Waals surface area contributed by atoms with Crippen LogP contribution in [0.1, 0.15) is 36.8 Å². The minimum absolute atomic E-state index is 0.00685. The fraction of sp³-hybridized carbons (Fsp3) is 0.238. The predicted octanol–water partition coefficient (Wildman–Crippen LogP) is 4.39. The number of thiocarbonyl (C=S) groups is 1. The summed E-state index contributed by atoms with van der Waals surface area (Å²) in [6.45, 7) is 3.00. The molecule has 0 amide bonds. The van der Waals surface area contributed by atoms with Crippen molar-refractivity contribution in [2.45, 2.75) is 25.4 Å². The van der Waals surface area contributed by atoms with Crippen LogP contribution in [0.2, 0.25) is 0 Å². The van der Waals surface area contributed by atoms with Crippen LogP contribution < -0.4 is 5.32 Å². The number of hydrogen-bond donors (Lipinski definition) is 1. The molecular formula is C21H21FN4S. The van der Waals surface area contributed by atoms with Crippen LogP contribution in [0.25, 0.3) is 5.69 Å². The van der Waals surface area contributed by atoms with Crippen LogP contribution in [-0.2, 0) is 0 Å². The molecule has 3 heterocycles. The van der Waals surface area contributed by atoms with Gasteiger partial charge in [-0.25, -0.2) is 4.39 Å². The van der Waals surface area contributed by atoms with Crippen LogP contribution in [0.15, 0.2) is 67.0 Å². The topological polar surface area (TPSA) is 33.1 Å². The predicted molar refractivity (Wildman–Crippen MR) is 108 cm³/mol. The number of rotatable bonds is 5. The van der Waals surface area contributed by atoms with E-state index in [1.165, 1.54) is 12.1 Å². The van der Waals surface area contributed by atoms with Crippen molar-refractivity contribution in [3.05, 3.63) is 84.2 Å². The highest BCUT2D eigenvalue weighted by molar-refractivity contribution is 7.80. The zero-order chi connectivity index (χ0) is 18.8. The molecule has 3 aromatic rings. The largest absolute Gasteiger partial charge is 0.352 e. The van der Waals surface area contributed by atoms with Gasteiger partial charge in [-0.2, -0.15) is 0 Å². The summed E-state index contributed by atoms with van der Waals surface area (Å²) in [5.41, 5.74) is 2.97. The molecule has 0 unspecified atom stereocenters. The van der Waals surface area contributed by atoms with Gasteiger partial charge in [0, 0.05) is 30.3 Å². The molecule has 1 aliphatic rings. The van der Waals surface area contributed by atoms with Gasteiger partial charge in [-0.15, -0.1) is 0 Å². The zero-order valence-electron chi connectivity index (χ0n) is 15.0. The third kappa shape index (κ3) is 3.32. The van der Waals surface area contributed by atoms with Crippen LogP contribution in [0.4, 0.5) is 4.39 Å². The second-order valence-corrected chi connectivity index (χ2v) is 6.99. The Hall–Kier alpha value is -2.73. The van der Waals surface area contributed by atoms with Crippen LogP contribution in [0.5, 0.6) is 0 Å². The molecule has 0 saturated carbocycles. The summed E-state index contributed by atoms with van der Waals surface area (Å²) in [4.78, 5) is 6.78. The molecule has 27 heavy (non-hydrogen) atoms. The van der Waals surface area contributed by atoms with Crippen molar-refractivity contribution in [2.75, 3.05) is 6.54 Å². The quantitative estimate of drug-likeness (QED) is 0.666. The second kappa shape index (κ2) is 7.48. The lowest BCUT2D eigenvalue weighted by Gasteiger charge is -2.28. The average Bonchev–Trinajstić information content (AvgIpc) is 3.28. The highest BCUT2D eigenvalue weighted by Gasteiger charge is 2.40. The summed E-state index contributed by atoms with van der Waals surface area (Å²) >= 11 is 5.64. The summed E-state index contributed by atoms with van der Waals surface area (Å²) in [5.74, 6) is -0.241. The highest BCUT2D eigenvalue weighted by Crippen LogP contribution is 2.39. The van der Waals surface area contributed by atoms with E-state index in [1.807, 2.05) is 30.5 Å². The standard InChI is InChI=1S/C21H21FN4S/c1-2-13-26-20(19(24-21(26)27)17-6-3-4-12-23-17)18-7-5-14-25(18)16-10-8-15(22)9-11-16/h3-12,14,19-20H,2,13H2,1H3,(H,24,27)/t19-,20+/m0/s1. The van der Waals surface area contributed by atoms with Gasteiger partial charge in [0.05, 0.1) is 17.8 Å². The Morgan fingerprint density at radius 3 is 2.63 bits per heavy atom. The molecule has 0 bridgehead atoms. The Bertz CT molecular complexity index is 923. The lowest BCUT2D eigenvalue weighted by Crippen LogP contribution is -2.31. The number of pyridine rings is 1. The maximum absolute atomic E-state index is 13.4. The molecule has 0 aliphatic carbocycles. The van der Waals surface area contributed by atoms with Crippen molar-refractivity contribution in [3.8, 4) is 5.69 Å². The first kappa shape index (κ1) is 17.7. The number of aromatic nitrogens is 2. The molecular weight excluding hydrogens is 359 g/mol. The maximum Gasteiger partial charge on any atom is 0.170 e. The summed E-state index contributed by atoms with van der Waals surface area (Å²) in [6, 6.07) is 16.6. The van der Waals surface area contributed by atoms with E-state index in [2.05, 4.69) is 32.8 Å². The van der Waals surface area contributed by atoms with Crippen LogP contribution >= 0.6 is 12.2 Å². The Balaban J connectivity index is 1.80. The van der Waals surface area contributed by atoms with Gasteiger partial charge < -0.3 is 14.8 Å². The third-order valence-corrected chi connectivity index (χ3v) is 5.20. The van der Waals surface area contributed by atoms with Crippen LogP contribution in [-0.4, -0.2) is 26.1 Å². The summed E-state index contributed by atoms with van der Waals surface area (Å²) in [5, 5.41) is 4.19. The molecule has 1 aliphatic heterocycles. The van der Waals surface area contributed by atoms with E-state index in [1.54, 1.807) is 18.3 Å². The number of nitrogens with zero attached hydrogens (tertiary/aromatic N) is 3. The minimum atomic E-state index is -0.241. The molecule has 1 saturated heterocycles. The molecule has 0 spiro atoms. The first-order valence-corrected chi connectivity index (χ1v) is 9.51.